The summed E-state index contributed by atoms with van der Waals surface area (Å²) in [6.45, 7) is 0.240. The van der Waals surface area contributed by atoms with Gasteiger partial charge in [0.05, 0.1) is 0 Å². The largest absolute Gasteiger partial charge is 0.412 e. The van der Waals surface area contributed by atoms with Crippen LogP contribution < -0.4 is 6.15 Å². The van der Waals surface area contributed by atoms with Gasteiger partial charge in [-0.1, -0.05) is 30.3 Å². The molecule has 0 atom stereocenters. The van der Waals surface area contributed by atoms with Crippen molar-refractivity contribution < 1.29 is 10.6 Å². The van der Waals surface area contributed by atoms with Crippen molar-refractivity contribution in [2.45, 2.75) is 6.42 Å². The molecule has 64 valence electrons. The van der Waals surface area contributed by atoms with E-state index in [1.807, 2.05) is 30.3 Å². The summed E-state index contributed by atoms with van der Waals surface area (Å²) >= 11 is 0. The summed E-state index contributed by atoms with van der Waals surface area (Å²) < 4.78 is 0. The predicted octanol–water partition coefficient (Wildman–Crippen LogP) is 0.559. The van der Waals surface area contributed by atoms with E-state index in [-0.39, 0.29) is 18.2 Å². The molecular formula is C8H15NO2. The molecule has 0 aliphatic rings. The molecule has 0 radical (unpaired) electrons. The molecule has 0 aromatic heterocycles. The molecule has 0 aliphatic heterocycles. The van der Waals surface area contributed by atoms with Crippen LogP contribution in [-0.2, 0) is 6.42 Å². The zero-order valence-corrected chi connectivity index (χ0v) is 6.46. The first-order chi connectivity index (χ1) is 4.43. The van der Waals surface area contributed by atoms with Crippen molar-refractivity contribution in [1.29, 1.82) is 0 Å². The third-order valence-corrected chi connectivity index (χ3v) is 1.24. The Morgan fingerprint density at radius 2 is 1.64 bits per heavy atom. The van der Waals surface area contributed by atoms with Crippen molar-refractivity contribution in [3.05, 3.63) is 35.9 Å². The Labute approximate surface area is 66.6 Å². The maximum atomic E-state index is 8.52. The molecule has 0 bridgehead atoms. The van der Waals surface area contributed by atoms with E-state index in [0.717, 1.165) is 6.42 Å². The van der Waals surface area contributed by atoms with Crippen molar-refractivity contribution in [3.8, 4) is 0 Å². The minimum atomic E-state index is 0. The lowest BCUT2D eigenvalue weighted by molar-refractivity contribution is 0.299. The zero-order chi connectivity index (χ0) is 6.53. The van der Waals surface area contributed by atoms with Gasteiger partial charge in [-0.15, -0.1) is 0 Å². The van der Waals surface area contributed by atoms with E-state index in [4.69, 9.17) is 5.11 Å². The normalized spacial score (nSPS) is 7.73. The highest BCUT2D eigenvalue weighted by molar-refractivity contribution is 5.14. The van der Waals surface area contributed by atoms with E-state index >= 15 is 0 Å². The average molecular weight is 157 g/mol. The number of aliphatic hydroxyl groups excluding tert-OH is 1. The monoisotopic (exact) mass is 157 g/mol. The van der Waals surface area contributed by atoms with Crippen molar-refractivity contribution in [1.82, 2.24) is 6.15 Å². The van der Waals surface area contributed by atoms with Crippen molar-refractivity contribution in [2.24, 2.45) is 0 Å². The molecule has 1 rings (SSSR count). The molecule has 0 fully saturated rings. The first-order valence-electron chi connectivity index (χ1n) is 3.08. The minimum Gasteiger partial charge on any atom is -0.412 e. The van der Waals surface area contributed by atoms with Crippen molar-refractivity contribution in [3.63, 3.8) is 0 Å². The van der Waals surface area contributed by atoms with Crippen LogP contribution in [0.5, 0.6) is 0 Å². The number of hydrogen-bond donors (Lipinski definition) is 2. The van der Waals surface area contributed by atoms with Gasteiger partial charge in [-0.05, 0) is 12.0 Å². The fourth-order valence-corrected chi connectivity index (χ4v) is 0.774. The molecule has 6 N–H and O–H groups in total. The molecule has 0 amide bonds. The summed E-state index contributed by atoms with van der Waals surface area (Å²) in [5.74, 6) is 0. The van der Waals surface area contributed by atoms with Crippen LogP contribution in [-0.4, -0.2) is 17.2 Å². The van der Waals surface area contributed by atoms with Crippen LogP contribution in [0.25, 0.3) is 0 Å². The highest BCUT2D eigenvalue weighted by Crippen LogP contribution is 1.97. The third kappa shape index (κ3) is 4.50. The molecule has 1 aromatic carbocycles. The summed E-state index contributed by atoms with van der Waals surface area (Å²) in [7, 11) is 0. The first-order valence-corrected chi connectivity index (χ1v) is 3.08. The van der Waals surface area contributed by atoms with Crippen LogP contribution in [0.15, 0.2) is 30.3 Å². The van der Waals surface area contributed by atoms with E-state index in [0.29, 0.717) is 0 Å². The molecule has 3 nitrogen and oxygen atoms in total. The van der Waals surface area contributed by atoms with E-state index in [1.54, 1.807) is 0 Å². The minimum absolute atomic E-state index is 0. The quantitative estimate of drug-likeness (QED) is 0.657. The van der Waals surface area contributed by atoms with Gasteiger partial charge in [-0.2, -0.15) is 0 Å². The van der Waals surface area contributed by atoms with Gasteiger partial charge in [0, 0.05) is 6.61 Å². The van der Waals surface area contributed by atoms with Crippen molar-refractivity contribution >= 4 is 0 Å². The second kappa shape index (κ2) is 7.21. The van der Waals surface area contributed by atoms with E-state index in [1.165, 1.54) is 5.56 Å². The lowest BCUT2D eigenvalue weighted by Crippen LogP contribution is -1.88. The van der Waals surface area contributed by atoms with Crippen LogP contribution in [0.3, 0.4) is 0 Å². The number of aliphatic hydroxyl groups is 1. The van der Waals surface area contributed by atoms with E-state index in [9.17, 15) is 0 Å². The topological polar surface area (TPSA) is 86.7 Å². The fourth-order valence-electron chi connectivity index (χ4n) is 0.774. The summed E-state index contributed by atoms with van der Waals surface area (Å²) in [6, 6.07) is 9.95. The Kier molecular flexibility index (Phi) is 8.36. The number of rotatable bonds is 2. The van der Waals surface area contributed by atoms with Crippen LogP contribution in [0, 0.1) is 0 Å². The lowest BCUT2D eigenvalue weighted by atomic mass is 10.2. The van der Waals surface area contributed by atoms with Gasteiger partial charge in [-0.25, -0.2) is 0 Å². The number of benzene rings is 1. The van der Waals surface area contributed by atoms with Crippen LogP contribution >= 0.6 is 0 Å². The zero-order valence-electron chi connectivity index (χ0n) is 6.46. The maximum Gasteiger partial charge on any atom is 0.0471 e. The molecule has 0 saturated carbocycles. The summed E-state index contributed by atoms with van der Waals surface area (Å²) in [5, 5.41) is 8.52. The van der Waals surface area contributed by atoms with Gasteiger partial charge in [0.25, 0.3) is 0 Å². The SMILES string of the molecule is N.O.OCCc1ccccc1. The molecule has 0 spiro atoms. The molecule has 0 saturated heterocycles. The maximum absolute atomic E-state index is 8.52. The Balaban J connectivity index is 0. The standard InChI is InChI=1S/C8H10O.H3N.H2O/c9-7-6-8-4-2-1-3-5-8;;/h1-5,9H,6-7H2;1H3;1H2. The Morgan fingerprint density at radius 1 is 1.09 bits per heavy atom. The van der Waals surface area contributed by atoms with Gasteiger partial charge in [0.15, 0.2) is 0 Å². The Hall–Kier alpha value is -0.900. The second-order valence-corrected chi connectivity index (χ2v) is 1.96. The van der Waals surface area contributed by atoms with Crippen LogP contribution in [0.4, 0.5) is 0 Å². The van der Waals surface area contributed by atoms with Crippen molar-refractivity contribution in [2.75, 3.05) is 6.61 Å². The smallest absolute Gasteiger partial charge is 0.0471 e. The lowest BCUT2D eigenvalue weighted by Gasteiger charge is -1.93. The van der Waals surface area contributed by atoms with Gasteiger partial charge < -0.3 is 16.7 Å². The molecular weight excluding hydrogens is 142 g/mol. The van der Waals surface area contributed by atoms with Gasteiger partial charge in [0.1, 0.15) is 0 Å². The van der Waals surface area contributed by atoms with Gasteiger partial charge >= 0.3 is 0 Å². The summed E-state index contributed by atoms with van der Waals surface area (Å²) in [6.07, 6.45) is 0.765. The summed E-state index contributed by atoms with van der Waals surface area (Å²) in [4.78, 5) is 0. The molecule has 0 unspecified atom stereocenters. The molecule has 0 heterocycles. The Bertz CT molecular complexity index is 165. The number of hydrogen-bond acceptors (Lipinski definition) is 2. The van der Waals surface area contributed by atoms with Gasteiger partial charge in [-0.3, -0.25) is 0 Å². The average Bonchev–Trinajstić information content (AvgIpc) is 1.91. The molecule has 0 aliphatic carbocycles. The van der Waals surface area contributed by atoms with Crippen LogP contribution in [0.1, 0.15) is 5.56 Å². The molecule has 11 heavy (non-hydrogen) atoms. The van der Waals surface area contributed by atoms with E-state index in [2.05, 4.69) is 0 Å². The highest BCUT2D eigenvalue weighted by atomic mass is 16.2. The van der Waals surface area contributed by atoms with Gasteiger partial charge in [0.2, 0.25) is 0 Å². The second-order valence-electron chi connectivity index (χ2n) is 1.96. The Morgan fingerprint density at radius 3 is 2.09 bits per heavy atom. The molecule has 1 aromatic rings. The first kappa shape index (κ1) is 12.7. The fraction of sp³-hybridized carbons (Fsp3) is 0.250. The molecule has 3 heteroatoms. The van der Waals surface area contributed by atoms with Crippen LogP contribution in [0.2, 0.25) is 0 Å². The predicted molar refractivity (Wildman–Crippen MR) is 45.9 cm³/mol. The third-order valence-electron chi connectivity index (χ3n) is 1.24. The summed E-state index contributed by atoms with van der Waals surface area (Å²) in [5.41, 5.74) is 1.19. The van der Waals surface area contributed by atoms with E-state index < -0.39 is 0 Å². The highest BCUT2D eigenvalue weighted by Gasteiger charge is 1.85.